The Morgan fingerprint density at radius 1 is 1.33 bits per heavy atom. The van der Waals surface area contributed by atoms with Crippen molar-refractivity contribution in [2.75, 3.05) is 6.54 Å². The van der Waals surface area contributed by atoms with Crippen molar-refractivity contribution in [3.63, 3.8) is 0 Å². The molecule has 0 amide bonds. The lowest BCUT2D eigenvalue weighted by Crippen LogP contribution is -2.32. The SMILES string of the molecule is CC(NCC1Cc2cc(Br)ccc2O1)c1ccccc1Cl. The highest BCUT2D eigenvalue weighted by molar-refractivity contribution is 9.10. The minimum atomic E-state index is 0.180. The van der Waals surface area contributed by atoms with Gasteiger partial charge in [-0.15, -0.1) is 0 Å². The van der Waals surface area contributed by atoms with E-state index < -0.39 is 0 Å². The predicted molar refractivity (Wildman–Crippen MR) is 90.1 cm³/mol. The number of fused-ring (bicyclic) bond motifs is 1. The maximum atomic E-state index is 6.23. The van der Waals surface area contributed by atoms with Crippen LogP contribution in [0.15, 0.2) is 46.9 Å². The third kappa shape index (κ3) is 3.42. The van der Waals surface area contributed by atoms with Gasteiger partial charge in [0.25, 0.3) is 0 Å². The quantitative estimate of drug-likeness (QED) is 0.842. The van der Waals surface area contributed by atoms with Crippen molar-refractivity contribution in [2.45, 2.75) is 25.5 Å². The molecule has 1 aliphatic rings. The lowest BCUT2D eigenvalue weighted by Gasteiger charge is -2.18. The maximum absolute atomic E-state index is 6.23. The fraction of sp³-hybridized carbons (Fsp3) is 0.294. The van der Waals surface area contributed by atoms with Crippen molar-refractivity contribution in [1.82, 2.24) is 5.32 Å². The van der Waals surface area contributed by atoms with Gasteiger partial charge in [0.15, 0.2) is 0 Å². The Morgan fingerprint density at radius 3 is 2.95 bits per heavy atom. The van der Waals surface area contributed by atoms with Crippen LogP contribution >= 0.6 is 27.5 Å². The molecule has 0 radical (unpaired) electrons. The van der Waals surface area contributed by atoms with Gasteiger partial charge in [0.05, 0.1) is 0 Å². The van der Waals surface area contributed by atoms with Crippen molar-refractivity contribution < 1.29 is 4.74 Å². The van der Waals surface area contributed by atoms with E-state index >= 15 is 0 Å². The molecule has 2 nitrogen and oxygen atoms in total. The first-order valence-electron chi connectivity index (χ1n) is 7.06. The molecule has 0 aliphatic carbocycles. The van der Waals surface area contributed by atoms with Gasteiger partial charge in [-0.05, 0) is 42.3 Å². The second kappa shape index (κ2) is 6.39. The zero-order chi connectivity index (χ0) is 14.8. The highest BCUT2D eigenvalue weighted by Gasteiger charge is 2.23. The van der Waals surface area contributed by atoms with Gasteiger partial charge in [0, 0.05) is 28.5 Å². The van der Waals surface area contributed by atoms with E-state index in [0.29, 0.717) is 0 Å². The van der Waals surface area contributed by atoms with Crippen LogP contribution in [0.2, 0.25) is 5.02 Å². The summed E-state index contributed by atoms with van der Waals surface area (Å²) in [5.41, 5.74) is 2.39. The number of halogens is 2. The summed E-state index contributed by atoms with van der Waals surface area (Å²) in [6, 6.07) is 14.3. The van der Waals surface area contributed by atoms with Gasteiger partial charge in [0.2, 0.25) is 0 Å². The van der Waals surface area contributed by atoms with Crippen molar-refractivity contribution in [2.24, 2.45) is 0 Å². The number of rotatable bonds is 4. The molecule has 1 N–H and O–H groups in total. The third-order valence-electron chi connectivity index (χ3n) is 3.79. The number of hydrogen-bond acceptors (Lipinski definition) is 2. The van der Waals surface area contributed by atoms with Gasteiger partial charge in [-0.25, -0.2) is 0 Å². The summed E-state index contributed by atoms with van der Waals surface area (Å²) < 4.78 is 7.06. The van der Waals surface area contributed by atoms with E-state index in [4.69, 9.17) is 16.3 Å². The number of hydrogen-bond donors (Lipinski definition) is 1. The standard InChI is InChI=1S/C17H17BrClNO/c1-11(15-4-2-3-5-16(15)19)20-10-14-9-12-8-13(18)6-7-17(12)21-14/h2-8,11,14,20H,9-10H2,1H3. The molecule has 2 aromatic carbocycles. The molecule has 0 bridgehead atoms. The molecule has 2 unspecified atom stereocenters. The number of nitrogens with one attached hydrogen (secondary N) is 1. The first-order valence-corrected chi connectivity index (χ1v) is 8.23. The highest BCUT2D eigenvalue weighted by atomic mass is 79.9. The van der Waals surface area contributed by atoms with Gasteiger partial charge < -0.3 is 10.1 Å². The molecule has 2 atom stereocenters. The summed E-state index contributed by atoms with van der Waals surface area (Å²) in [6.07, 6.45) is 1.12. The lowest BCUT2D eigenvalue weighted by atomic mass is 10.1. The summed E-state index contributed by atoms with van der Waals surface area (Å²) in [5.74, 6) is 0.996. The lowest BCUT2D eigenvalue weighted by molar-refractivity contribution is 0.222. The number of benzene rings is 2. The average molecular weight is 367 g/mol. The van der Waals surface area contributed by atoms with Gasteiger partial charge >= 0.3 is 0 Å². The van der Waals surface area contributed by atoms with Gasteiger partial charge in [-0.2, -0.15) is 0 Å². The van der Waals surface area contributed by atoms with Gasteiger partial charge in [0.1, 0.15) is 11.9 Å². The number of ether oxygens (including phenoxy) is 1. The van der Waals surface area contributed by atoms with E-state index in [0.717, 1.165) is 33.8 Å². The Morgan fingerprint density at radius 2 is 2.14 bits per heavy atom. The van der Waals surface area contributed by atoms with E-state index in [1.807, 2.05) is 30.3 Å². The third-order valence-corrected chi connectivity index (χ3v) is 4.62. The topological polar surface area (TPSA) is 21.3 Å². The molecule has 0 aromatic heterocycles. The molecular weight excluding hydrogens is 350 g/mol. The fourth-order valence-corrected chi connectivity index (χ4v) is 3.36. The van der Waals surface area contributed by atoms with E-state index in [-0.39, 0.29) is 12.1 Å². The van der Waals surface area contributed by atoms with Crippen molar-refractivity contribution in [1.29, 1.82) is 0 Å². The largest absolute Gasteiger partial charge is 0.488 e. The zero-order valence-corrected chi connectivity index (χ0v) is 14.1. The summed E-state index contributed by atoms with van der Waals surface area (Å²) in [7, 11) is 0. The van der Waals surface area contributed by atoms with Crippen molar-refractivity contribution >= 4 is 27.5 Å². The highest BCUT2D eigenvalue weighted by Crippen LogP contribution is 2.31. The van der Waals surface area contributed by atoms with Crippen LogP contribution in [0.25, 0.3) is 0 Å². The molecule has 1 heterocycles. The second-order valence-corrected chi connectivity index (χ2v) is 6.67. The molecule has 4 heteroatoms. The van der Waals surface area contributed by atoms with Crippen LogP contribution in [0.1, 0.15) is 24.1 Å². The normalized spacial score (nSPS) is 18.1. The molecule has 1 aliphatic heterocycles. The Labute approximate surface area is 138 Å². The molecule has 3 rings (SSSR count). The van der Waals surface area contributed by atoms with Crippen LogP contribution in [-0.4, -0.2) is 12.6 Å². The molecule has 0 spiro atoms. The Balaban J connectivity index is 1.59. The van der Waals surface area contributed by atoms with Crippen molar-refractivity contribution in [3.05, 3.63) is 63.1 Å². The van der Waals surface area contributed by atoms with E-state index in [1.165, 1.54) is 5.56 Å². The Bertz CT molecular complexity index is 646. The van der Waals surface area contributed by atoms with Crippen LogP contribution in [0.4, 0.5) is 0 Å². The second-order valence-electron chi connectivity index (χ2n) is 5.35. The molecule has 21 heavy (non-hydrogen) atoms. The van der Waals surface area contributed by atoms with Crippen LogP contribution in [0, 0.1) is 0 Å². The molecule has 0 fully saturated rings. The Kier molecular flexibility index (Phi) is 4.53. The minimum absolute atomic E-state index is 0.180. The van der Waals surface area contributed by atoms with Gasteiger partial charge in [-0.3, -0.25) is 0 Å². The van der Waals surface area contributed by atoms with E-state index in [2.05, 4.69) is 40.3 Å². The van der Waals surface area contributed by atoms with Crippen molar-refractivity contribution in [3.8, 4) is 5.75 Å². The smallest absolute Gasteiger partial charge is 0.123 e. The van der Waals surface area contributed by atoms with Gasteiger partial charge in [-0.1, -0.05) is 45.7 Å². The summed E-state index contributed by atoms with van der Waals surface area (Å²) in [6.45, 7) is 2.93. The van der Waals surface area contributed by atoms with Crippen LogP contribution in [-0.2, 0) is 6.42 Å². The molecule has 0 saturated heterocycles. The van der Waals surface area contributed by atoms with Crippen LogP contribution in [0.3, 0.4) is 0 Å². The first kappa shape index (κ1) is 14.9. The average Bonchev–Trinajstić information content (AvgIpc) is 2.87. The monoisotopic (exact) mass is 365 g/mol. The fourth-order valence-electron chi connectivity index (χ4n) is 2.65. The van der Waals surface area contributed by atoms with Crippen LogP contribution in [0.5, 0.6) is 5.75 Å². The van der Waals surface area contributed by atoms with Crippen LogP contribution < -0.4 is 10.1 Å². The molecule has 0 saturated carbocycles. The summed E-state index contributed by atoms with van der Waals surface area (Å²) in [5, 5.41) is 4.31. The molecular formula is C17H17BrClNO. The summed E-state index contributed by atoms with van der Waals surface area (Å²) in [4.78, 5) is 0. The first-order chi connectivity index (χ1) is 10.1. The Hall–Kier alpha value is -1.03. The zero-order valence-electron chi connectivity index (χ0n) is 11.8. The maximum Gasteiger partial charge on any atom is 0.123 e. The molecule has 110 valence electrons. The summed E-state index contributed by atoms with van der Waals surface area (Å²) >= 11 is 9.73. The minimum Gasteiger partial charge on any atom is -0.488 e. The van der Waals surface area contributed by atoms with E-state index in [1.54, 1.807) is 0 Å². The van der Waals surface area contributed by atoms with E-state index in [9.17, 15) is 0 Å². The predicted octanol–water partition coefficient (Wildman–Crippen LogP) is 4.76. The molecule has 2 aromatic rings.